The lowest BCUT2D eigenvalue weighted by Crippen LogP contribution is -2.23. The fraction of sp³-hybridized carbons (Fsp3) is 0.200. The highest BCUT2D eigenvalue weighted by atomic mass is 31.2. The van der Waals surface area contributed by atoms with E-state index in [0.717, 1.165) is 30.9 Å². The van der Waals surface area contributed by atoms with Crippen LogP contribution in [0.3, 0.4) is 0 Å². The number of alkyl halides is 3. The molecule has 0 amide bonds. The van der Waals surface area contributed by atoms with Gasteiger partial charge in [-0.3, -0.25) is 4.52 Å². The molecule has 0 aliphatic heterocycles. The average Bonchev–Trinajstić information content (AvgIpc) is 2.47. The number of hydrogen-bond acceptors (Lipinski definition) is 3. The zero-order chi connectivity index (χ0) is 17.1. The van der Waals surface area contributed by atoms with Crippen LogP contribution in [0.15, 0.2) is 54.6 Å². The van der Waals surface area contributed by atoms with Crippen LogP contribution in [-0.2, 0) is 9.09 Å². The van der Waals surface area contributed by atoms with Gasteiger partial charge in [0.25, 0.3) is 0 Å². The van der Waals surface area contributed by atoms with Gasteiger partial charge in [0, 0.05) is 6.66 Å². The van der Waals surface area contributed by atoms with Crippen LogP contribution >= 0.6 is 7.60 Å². The van der Waals surface area contributed by atoms with Crippen molar-refractivity contribution in [3.8, 4) is 5.75 Å². The molecule has 0 bridgehead atoms. The maximum atomic E-state index is 13.2. The molecular formula is C15H13F4O3P. The zero-order valence-electron chi connectivity index (χ0n) is 12.0. The first-order chi connectivity index (χ1) is 10.7. The number of halogens is 4. The van der Waals surface area contributed by atoms with Crippen LogP contribution in [0.5, 0.6) is 5.75 Å². The van der Waals surface area contributed by atoms with Gasteiger partial charge >= 0.3 is 13.8 Å². The molecule has 0 heterocycles. The Bertz CT molecular complexity index is 686. The maximum absolute atomic E-state index is 13.2. The molecule has 0 saturated carbocycles. The van der Waals surface area contributed by atoms with E-state index < -0.39 is 25.7 Å². The van der Waals surface area contributed by atoms with E-state index >= 15 is 0 Å². The maximum Gasteiger partial charge on any atom is 0.419 e. The lowest BCUT2D eigenvalue weighted by Gasteiger charge is -2.24. The highest BCUT2D eigenvalue weighted by molar-refractivity contribution is 7.53. The molecule has 0 saturated heterocycles. The first-order valence-corrected chi connectivity index (χ1v) is 8.49. The Morgan fingerprint density at radius 2 is 1.57 bits per heavy atom. The second-order valence-corrected chi connectivity index (χ2v) is 6.69. The zero-order valence-corrected chi connectivity index (χ0v) is 12.9. The van der Waals surface area contributed by atoms with Crippen molar-refractivity contribution in [2.45, 2.75) is 12.3 Å². The lowest BCUT2D eigenvalue weighted by molar-refractivity contribution is -0.199. The van der Waals surface area contributed by atoms with Crippen molar-refractivity contribution in [2.75, 3.05) is 6.66 Å². The Hall–Kier alpha value is -1.85. The molecule has 0 spiro atoms. The summed E-state index contributed by atoms with van der Waals surface area (Å²) in [6.45, 7) is 0.929. The third-order valence-corrected chi connectivity index (χ3v) is 3.92. The van der Waals surface area contributed by atoms with Crippen LogP contribution in [0.4, 0.5) is 17.6 Å². The third kappa shape index (κ3) is 5.08. The summed E-state index contributed by atoms with van der Waals surface area (Å²) in [4.78, 5) is 0. The number of hydrogen-bond donors (Lipinski definition) is 0. The SMILES string of the molecule is C[P@](=O)(Oc1ccc(F)cc1)O[C@H](c1ccccc1)C(F)(F)F. The standard InChI is InChI=1S/C15H13F4O3P/c1-23(20,21-13-9-7-12(16)8-10-13)22-14(15(17,18)19)11-5-3-2-4-6-11/h2-10,14H,1H3/t14-,23+/m1/s1. The van der Waals surface area contributed by atoms with E-state index in [0.29, 0.717) is 0 Å². The fourth-order valence-electron chi connectivity index (χ4n) is 1.84. The van der Waals surface area contributed by atoms with E-state index in [1.54, 1.807) is 6.07 Å². The normalized spacial score (nSPS) is 15.7. The summed E-state index contributed by atoms with van der Waals surface area (Å²) in [5.74, 6) is -0.604. The Balaban J connectivity index is 2.21. The Morgan fingerprint density at radius 3 is 2.09 bits per heavy atom. The van der Waals surface area contributed by atoms with Crippen molar-refractivity contribution in [1.82, 2.24) is 0 Å². The molecule has 8 heteroatoms. The van der Waals surface area contributed by atoms with Gasteiger partial charge in [-0.2, -0.15) is 13.2 Å². The quantitative estimate of drug-likeness (QED) is 0.540. The van der Waals surface area contributed by atoms with Gasteiger partial charge in [0.2, 0.25) is 0 Å². The first kappa shape index (κ1) is 17.5. The highest BCUT2D eigenvalue weighted by Crippen LogP contribution is 2.52. The van der Waals surface area contributed by atoms with Crippen LogP contribution < -0.4 is 4.52 Å². The Kier molecular flexibility index (Phi) is 5.12. The van der Waals surface area contributed by atoms with Crippen LogP contribution in [0.25, 0.3) is 0 Å². The number of rotatable bonds is 5. The molecule has 0 unspecified atom stereocenters. The molecule has 0 aliphatic rings. The van der Waals surface area contributed by atoms with Crippen molar-refractivity contribution >= 4 is 7.60 Å². The summed E-state index contributed by atoms with van der Waals surface area (Å²) in [7, 11) is -4.09. The van der Waals surface area contributed by atoms with Gasteiger partial charge in [-0.15, -0.1) is 0 Å². The highest BCUT2D eigenvalue weighted by Gasteiger charge is 2.45. The van der Waals surface area contributed by atoms with Gasteiger partial charge in [-0.25, -0.2) is 8.96 Å². The molecule has 2 aromatic rings. The lowest BCUT2D eigenvalue weighted by atomic mass is 10.1. The van der Waals surface area contributed by atoms with Gasteiger partial charge < -0.3 is 4.52 Å². The van der Waals surface area contributed by atoms with Crippen molar-refractivity contribution < 1.29 is 31.2 Å². The summed E-state index contributed by atoms with van der Waals surface area (Å²) in [6.07, 6.45) is -7.15. The predicted molar refractivity (Wildman–Crippen MR) is 76.9 cm³/mol. The van der Waals surface area contributed by atoms with E-state index in [-0.39, 0.29) is 11.3 Å². The van der Waals surface area contributed by atoms with Crippen molar-refractivity contribution in [3.05, 3.63) is 66.0 Å². The second kappa shape index (κ2) is 6.72. The monoisotopic (exact) mass is 348 g/mol. The summed E-state index contributed by atoms with van der Waals surface area (Å²) >= 11 is 0. The average molecular weight is 348 g/mol. The summed E-state index contributed by atoms with van der Waals surface area (Å²) < 4.78 is 74.3. The van der Waals surface area contributed by atoms with E-state index in [4.69, 9.17) is 9.05 Å². The van der Waals surface area contributed by atoms with Crippen molar-refractivity contribution in [3.63, 3.8) is 0 Å². The van der Waals surface area contributed by atoms with Crippen LogP contribution in [-0.4, -0.2) is 12.8 Å². The predicted octanol–water partition coefficient (Wildman–Crippen LogP) is 5.35. The molecular weight excluding hydrogens is 335 g/mol. The van der Waals surface area contributed by atoms with Crippen LogP contribution in [0.2, 0.25) is 0 Å². The minimum atomic E-state index is -4.76. The van der Waals surface area contributed by atoms with Gasteiger partial charge in [0.15, 0.2) is 6.10 Å². The summed E-state index contributed by atoms with van der Waals surface area (Å²) in [6, 6.07) is 11.2. The first-order valence-electron chi connectivity index (χ1n) is 6.50. The smallest absolute Gasteiger partial charge is 0.419 e. The molecule has 0 aromatic heterocycles. The summed E-state index contributed by atoms with van der Waals surface area (Å²) in [5.41, 5.74) is -0.190. The molecule has 3 nitrogen and oxygen atoms in total. The number of benzene rings is 2. The van der Waals surface area contributed by atoms with Gasteiger partial charge in [0.1, 0.15) is 11.6 Å². The van der Waals surface area contributed by atoms with Crippen LogP contribution in [0.1, 0.15) is 11.7 Å². The molecule has 124 valence electrons. The Labute approximate surface area is 130 Å². The Morgan fingerprint density at radius 1 is 1.00 bits per heavy atom. The molecule has 2 aromatic carbocycles. The molecule has 0 fully saturated rings. The summed E-state index contributed by atoms with van der Waals surface area (Å²) in [5, 5.41) is 0. The van der Waals surface area contributed by atoms with Gasteiger partial charge in [-0.1, -0.05) is 30.3 Å². The minimum absolute atomic E-state index is 0.0498. The van der Waals surface area contributed by atoms with Gasteiger partial charge in [-0.05, 0) is 29.8 Å². The second-order valence-electron chi connectivity index (χ2n) is 4.75. The van der Waals surface area contributed by atoms with Gasteiger partial charge in [0.05, 0.1) is 0 Å². The minimum Gasteiger partial charge on any atom is -0.425 e. The topological polar surface area (TPSA) is 35.5 Å². The third-order valence-electron chi connectivity index (χ3n) is 2.78. The molecule has 2 atom stereocenters. The van der Waals surface area contributed by atoms with Crippen molar-refractivity contribution in [1.29, 1.82) is 0 Å². The fourth-order valence-corrected chi connectivity index (χ4v) is 3.01. The van der Waals surface area contributed by atoms with Crippen molar-refractivity contribution in [2.24, 2.45) is 0 Å². The van der Waals surface area contributed by atoms with E-state index in [9.17, 15) is 22.1 Å². The molecule has 23 heavy (non-hydrogen) atoms. The van der Waals surface area contributed by atoms with E-state index in [2.05, 4.69) is 0 Å². The van der Waals surface area contributed by atoms with E-state index in [1.165, 1.54) is 24.3 Å². The largest absolute Gasteiger partial charge is 0.425 e. The molecule has 0 radical (unpaired) electrons. The molecule has 0 N–H and O–H groups in total. The van der Waals surface area contributed by atoms with Crippen LogP contribution in [0, 0.1) is 5.82 Å². The van der Waals surface area contributed by atoms with E-state index in [1.807, 2.05) is 0 Å². The molecule has 2 rings (SSSR count). The molecule has 0 aliphatic carbocycles.